The Labute approximate surface area is 109 Å². The first-order chi connectivity index (χ1) is 8.36. The second kappa shape index (κ2) is 9.51. The number of unbranched alkanes of at least 4 members (excludes halogenated alkanes) is 1. The summed E-state index contributed by atoms with van der Waals surface area (Å²) in [5, 5.41) is 3.33. The molecule has 17 heavy (non-hydrogen) atoms. The van der Waals surface area contributed by atoms with Crippen LogP contribution in [0.4, 0.5) is 0 Å². The van der Waals surface area contributed by atoms with Crippen molar-refractivity contribution in [3.05, 3.63) is 29.8 Å². The lowest BCUT2D eigenvalue weighted by Crippen LogP contribution is -2.11. The molecule has 1 rings (SSSR count). The lowest BCUT2D eigenvalue weighted by Gasteiger charge is -2.04. The summed E-state index contributed by atoms with van der Waals surface area (Å²) in [6.07, 6.45) is 2.37. The molecule has 0 spiro atoms. The highest BCUT2D eigenvalue weighted by Crippen LogP contribution is 2.19. The zero-order valence-corrected chi connectivity index (χ0v) is 11.7. The summed E-state index contributed by atoms with van der Waals surface area (Å²) in [5.41, 5.74) is 1.36. The minimum atomic E-state index is 0.877. The van der Waals surface area contributed by atoms with Crippen molar-refractivity contribution in [2.45, 2.75) is 31.2 Å². The molecule has 0 atom stereocenters. The predicted molar refractivity (Wildman–Crippen MR) is 75.7 cm³/mol. The lowest BCUT2D eigenvalue weighted by atomic mass is 10.2. The van der Waals surface area contributed by atoms with E-state index in [4.69, 9.17) is 4.74 Å². The maximum atomic E-state index is 5.03. The SMILES string of the molecule is CCNCc1ccc(SCCCCOC)cc1. The van der Waals surface area contributed by atoms with Crippen molar-refractivity contribution in [3.8, 4) is 0 Å². The van der Waals surface area contributed by atoms with E-state index in [2.05, 4.69) is 36.5 Å². The monoisotopic (exact) mass is 253 g/mol. The molecule has 0 heterocycles. The Hall–Kier alpha value is -0.510. The average molecular weight is 253 g/mol. The highest BCUT2D eigenvalue weighted by Gasteiger charge is 1.96. The van der Waals surface area contributed by atoms with Crippen molar-refractivity contribution in [2.75, 3.05) is 26.0 Å². The van der Waals surface area contributed by atoms with E-state index in [1.807, 2.05) is 11.8 Å². The molecular weight excluding hydrogens is 230 g/mol. The van der Waals surface area contributed by atoms with Gasteiger partial charge in [-0.3, -0.25) is 0 Å². The molecule has 0 bridgehead atoms. The molecule has 1 aromatic rings. The molecule has 1 N–H and O–H groups in total. The maximum absolute atomic E-state index is 5.03. The van der Waals surface area contributed by atoms with Crippen LogP contribution in [-0.4, -0.2) is 26.0 Å². The zero-order chi connectivity index (χ0) is 12.3. The number of rotatable bonds is 9. The highest BCUT2D eigenvalue weighted by molar-refractivity contribution is 7.99. The van der Waals surface area contributed by atoms with Crippen LogP contribution in [0.2, 0.25) is 0 Å². The van der Waals surface area contributed by atoms with Crippen LogP contribution in [0.15, 0.2) is 29.2 Å². The van der Waals surface area contributed by atoms with Gasteiger partial charge in [0.1, 0.15) is 0 Å². The van der Waals surface area contributed by atoms with Crippen molar-refractivity contribution < 1.29 is 4.74 Å². The van der Waals surface area contributed by atoms with Crippen LogP contribution in [0.5, 0.6) is 0 Å². The number of methoxy groups -OCH3 is 1. The number of benzene rings is 1. The van der Waals surface area contributed by atoms with E-state index in [1.165, 1.54) is 22.6 Å². The van der Waals surface area contributed by atoms with Gasteiger partial charge in [0.15, 0.2) is 0 Å². The molecular formula is C14H23NOS. The topological polar surface area (TPSA) is 21.3 Å². The second-order valence-corrected chi connectivity index (χ2v) is 5.14. The van der Waals surface area contributed by atoms with Crippen LogP contribution in [0.25, 0.3) is 0 Å². The quantitative estimate of drug-likeness (QED) is 0.539. The third-order valence-electron chi connectivity index (χ3n) is 2.51. The molecule has 96 valence electrons. The van der Waals surface area contributed by atoms with Crippen LogP contribution in [0.1, 0.15) is 25.3 Å². The molecule has 2 nitrogen and oxygen atoms in total. The number of hydrogen-bond donors (Lipinski definition) is 1. The molecule has 0 aliphatic carbocycles. The summed E-state index contributed by atoms with van der Waals surface area (Å²) in [6.45, 7) is 5.00. The Morgan fingerprint density at radius 1 is 1.18 bits per heavy atom. The molecule has 0 aliphatic rings. The Kier molecular flexibility index (Phi) is 8.14. The lowest BCUT2D eigenvalue weighted by molar-refractivity contribution is 0.194. The fourth-order valence-electron chi connectivity index (χ4n) is 1.51. The summed E-state index contributed by atoms with van der Waals surface area (Å²) in [4.78, 5) is 1.36. The van der Waals surface area contributed by atoms with E-state index >= 15 is 0 Å². The minimum absolute atomic E-state index is 0.877. The van der Waals surface area contributed by atoms with Crippen LogP contribution in [0, 0.1) is 0 Å². The molecule has 0 saturated heterocycles. The normalized spacial score (nSPS) is 10.7. The van der Waals surface area contributed by atoms with Gasteiger partial charge in [-0.25, -0.2) is 0 Å². The third kappa shape index (κ3) is 6.71. The van der Waals surface area contributed by atoms with Gasteiger partial charge in [0.25, 0.3) is 0 Å². The Balaban J connectivity index is 2.20. The molecule has 0 unspecified atom stereocenters. The Morgan fingerprint density at radius 3 is 2.59 bits per heavy atom. The fourth-order valence-corrected chi connectivity index (χ4v) is 2.42. The van der Waals surface area contributed by atoms with E-state index in [1.54, 1.807) is 7.11 Å². The second-order valence-electron chi connectivity index (χ2n) is 3.97. The summed E-state index contributed by atoms with van der Waals surface area (Å²) in [6, 6.07) is 8.85. The smallest absolute Gasteiger partial charge is 0.0462 e. The van der Waals surface area contributed by atoms with Crippen LogP contribution in [0.3, 0.4) is 0 Å². The van der Waals surface area contributed by atoms with Gasteiger partial charge in [-0.2, -0.15) is 0 Å². The average Bonchev–Trinajstić information content (AvgIpc) is 2.37. The van der Waals surface area contributed by atoms with Crippen molar-refractivity contribution in [1.29, 1.82) is 0 Å². The van der Waals surface area contributed by atoms with Gasteiger partial charge in [-0.15, -0.1) is 11.8 Å². The van der Waals surface area contributed by atoms with Crippen LogP contribution in [-0.2, 0) is 11.3 Å². The molecule has 0 aliphatic heterocycles. The summed E-state index contributed by atoms with van der Waals surface area (Å²) in [5.74, 6) is 1.18. The van der Waals surface area contributed by atoms with Crippen LogP contribution >= 0.6 is 11.8 Å². The fraction of sp³-hybridized carbons (Fsp3) is 0.571. The van der Waals surface area contributed by atoms with Crippen molar-refractivity contribution in [2.24, 2.45) is 0 Å². The number of nitrogens with one attached hydrogen (secondary N) is 1. The minimum Gasteiger partial charge on any atom is -0.385 e. The van der Waals surface area contributed by atoms with Crippen molar-refractivity contribution in [3.63, 3.8) is 0 Å². The van der Waals surface area contributed by atoms with Crippen molar-refractivity contribution in [1.82, 2.24) is 5.32 Å². The molecule has 0 aromatic heterocycles. The molecule has 0 amide bonds. The molecule has 0 fully saturated rings. The largest absolute Gasteiger partial charge is 0.385 e. The number of ether oxygens (including phenoxy) is 1. The van der Waals surface area contributed by atoms with Crippen LogP contribution < -0.4 is 5.32 Å². The van der Waals surface area contributed by atoms with Gasteiger partial charge >= 0.3 is 0 Å². The molecule has 1 aromatic carbocycles. The van der Waals surface area contributed by atoms with Gasteiger partial charge in [0.05, 0.1) is 0 Å². The molecule has 0 saturated carbocycles. The van der Waals surface area contributed by atoms with E-state index in [-0.39, 0.29) is 0 Å². The number of hydrogen-bond acceptors (Lipinski definition) is 3. The van der Waals surface area contributed by atoms with E-state index in [9.17, 15) is 0 Å². The van der Waals surface area contributed by atoms with Gasteiger partial charge < -0.3 is 10.1 Å². The van der Waals surface area contributed by atoms with Gasteiger partial charge in [0.2, 0.25) is 0 Å². The first-order valence-electron chi connectivity index (χ1n) is 6.28. The molecule has 3 heteroatoms. The summed E-state index contributed by atoms with van der Waals surface area (Å²) >= 11 is 1.93. The van der Waals surface area contributed by atoms with Crippen molar-refractivity contribution >= 4 is 11.8 Å². The van der Waals surface area contributed by atoms with Gasteiger partial charge in [0, 0.05) is 25.2 Å². The first kappa shape index (κ1) is 14.6. The summed E-state index contributed by atoms with van der Waals surface area (Å²) in [7, 11) is 1.76. The maximum Gasteiger partial charge on any atom is 0.0462 e. The van der Waals surface area contributed by atoms with Gasteiger partial charge in [-0.05, 0) is 42.8 Å². The van der Waals surface area contributed by atoms with E-state index in [0.717, 1.165) is 26.1 Å². The van der Waals surface area contributed by atoms with E-state index in [0.29, 0.717) is 0 Å². The number of thioether (sulfide) groups is 1. The Bertz CT molecular complexity index is 287. The van der Waals surface area contributed by atoms with E-state index < -0.39 is 0 Å². The third-order valence-corrected chi connectivity index (χ3v) is 3.61. The Morgan fingerprint density at radius 2 is 1.94 bits per heavy atom. The molecule has 0 radical (unpaired) electrons. The highest BCUT2D eigenvalue weighted by atomic mass is 32.2. The predicted octanol–water partition coefficient (Wildman–Crippen LogP) is 3.31. The zero-order valence-electron chi connectivity index (χ0n) is 10.9. The van der Waals surface area contributed by atoms with Gasteiger partial charge in [-0.1, -0.05) is 19.1 Å². The standard InChI is InChI=1S/C14H23NOS/c1-3-15-12-13-6-8-14(9-7-13)17-11-5-4-10-16-2/h6-9,15H,3-5,10-12H2,1-2H3. The summed E-state index contributed by atoms with van der Waals surface area (Å²) < 4.78 is 5.03. The first-order valence-corrected chi connectivity index (χ1v) is 7.26.